The number of ether oxygens (including phenoxy) is 2. The Bertz CT molecular complexity index is 450. The monoisotopic (exact) mass is 266 g/mol. The fourth-order valence-corrected chi connectivity index (χ4v) is 2.42. The molecule has 2 heterocycles. The van der Waals surface area contributed by atoms with Gasteiger partial charge in [0, 0.05) is 33.3 Å². The highest BCUT2D eigenvalue weighted by molar-refractivity contribution is 5.39. The fraction of sp³-hybridized carbons (Fsp3) is 0.643. The molecule has 0 saturated carbocycles. The van der Waals surface area contributed by atoms with Gasteiger partial charge in [-0.05, 0) is 18.9 Å². The molecule has 0 spiro atoms. The number of nitrogens with zero attached hydrogens (tertiary/aromatic N) is 2. The molecule has 1 aliphatic heterocycles. The lowest BCUT2D eigenvalue weighted by molar-refractivity contribution is 0.00599. The van der Waals surface area contributed by atoms with Crippen molar-refractivity contribution in [2.24, 2.45) is 7.05 Å². The van der Waals surface area contributed by atoms with Crippen molar-refractivity contribution in [1.82, 2.24) is 4.57 Å². The number of hydrogen-bond donors (Lipinski definition) is 0. The first kappa shape index (κ1) is 14.1. The van der Waals surface area contributed by atoms with E-state index < -0.39 is 0 Å². The Balaban J connectivity index is 1.89. The molecule has 1 aromatic rings. The van der Waals surface area contributed by atoms with Crippen LogP contribution in [0.3, 0.4) is 0 Å². The van der Waals surface area contributed by atoms with Crippen LogP contribution in [0.4, 0.5) is 5.82 Å². The van der Waals surface area contributed by atoms with E-state index in [1.165, 1.54) is 0 Å². The minimum atomic E-state index is 0.0379. The normalized spacial score (nSPS) is 16.8. The van der Waals surface area contributed by atoms with Gasteiger partial charge in [-0.25, -0.2) is 0 Å². The minimum Gasteiger partial charge on any atom is -0.382 e. The highest BCUT2D eigenvalue weighted by Crippen LogP contribution is 2.19. The first-order valence-electron chi connectivity index (χ1n) is 6.74. The van der Waals surface area contributed by atoms with Gasteiger partial charge in [0.2, 0.25) is 0 Å². The average Bonchev–Trinajstić information content (AvgIpc) is 2.43. The number of hydrogen-bond acceptors (Lipinski definition) is 4. The quantitative estimate of drug-likeness (QED) is 0.746. The molecule has 0 N–H and O–H groups in total. The molecule has 0 atom stereocenters. The Morgan fingerprint density at radius 1 is 1.26 bits per heavy atom. The number of aromatic nitrogens is 1. The van der Waals surface area contributed by atoms with Gasteiger partial charge in [0.15, 0.2) is 0 Å². The molecule has 1 aliphatic rings. The molecule has 5 heteroatoms. The number of rotatable bonds is 5. The van der Waals surface area contributed by atoms with Crippen LogP contribution in [0.2, 0.25) is 0 Å². The second-order valence-electron chi connectivity index (χ2n) is 4.83. The maximum absolute atomic E-state index is 11.6. The molecule has 0 radical (unpaired) electrons. The van der Waals surface area contributed by atoms with Gasteiger partial charge in [-0.2, -0.15) is 0 Å². The third-order valence-electron chi connectivity index (χ3n) is 3.57. The molecule has 106 valence electrons. The predicted molar refractivity (Wildman–Crippen MR) is 74.7 cm³/mol. The smallest absolute Gasteiger partial charge is 0.251 e. The number of piperidine rings is 1. The van der Waals surface area contributed by atoms with Crippen LogP contribution in [0.15, 0.2) is 23.0 Å². The molecule has 5 nitrogen and oxygen atoms in total. The van der Waals surface area contributed by atoms with E-state index in [9.17, 15) is 4.79 Å². The van der Waals surface area contributed by atoms with Crippen molar-refractivity contribution < 1.29 is 9.47 Å². The van der Waals surface area contributed by atoms with Crippen LogP contribution in [0.25, 0.3) is 0 Å². The third-order valence-corrected chi connectivity index (χ3v) is 3.57. The van der Waals surface area contributed by atoms with Crippen molar-refractivity contribution in [2.75, 3.05) is 38.3 Å². The van der Waals surface area contributed by atoms with Crippen LogP contribution in [0, 0.1) is 0 Å². The molecule has 1 aromatic heterocycles. The van der Waals surface area contributed by atoms with Crippen LogP contribution in [-0.4, -0.2) is 44.1 Å². The second kappa shape index (κ2) is 6.73. The van der Waals surface area contributed by atoms with Crippen molar-refractivity contribution >= 4 is 5.82 Å². The van der Waals surface area contributed by atoms with Gasteiger partial charge in [-0.3, -0.25) is 9.36 Å². The predicted octanol–water partition coefficient (Wildman–Crippen LogP) is 1.02. The molecule has 0 aromatic carbocycles. The first-order chi connectivity index (χ1) is 9.22. The number of pyridine rings is 1. The zero-order valence-corrected chi connectivity index (χ0v) is 11.7. The Kier molecular flexibility index (Phi) is 4.99. The van der Waals surface area contributed by atoms with E-state index in [0.29, 0.717) is 19.3 Å². The Hall–Kier alpha value is -1.33. The molecular formula is C14H22N2O3. The standard InChI is InChI=1S/C14H22N2O3/c1-15-13(4-3-5-14(15)17)16-8-6-12(7-9-16)19-11-10-18-2/h3-5,12H,6-11H2,1-2H3. The van der Waals surface area contributed by atoms with Crippen LogP contribution >= 0.6 is 0 Å². The van der Waals surface area contributed by atoms with Gasteiger partial charge < -0.3 is 14.4 Å². The summed E-state index contributed by atoms with van der Waals surface area (Å²) in [7, 11) is 3.50. The van der Waals surface area contributed by atoms with Gasteiger partial charge in [0.05, 0.1) is 19.3 Å². The maximum atomic E-state index is 11.6. The molecular weight excluding hydrogens is 244 g/mol. The summed E-state index contributed by atoms with van der Waals surface area (Å²) in [6.07, 6.45) is 2.30. The zero-order chi connectivity index (χ0) is 13.7. The Morgan fingerprint density at radius 2 is 2.00 bits per heavy atom. The van der Waals surface area contributed by atoms with Crippen molar-refractivity contribution in [3.63, 3.8) is 0 Å². The highest BCUT2D eigenvalue weighted by atomic mass is 16.5. The highest BCUT2D eigenvalue weighted by Gasteiger charge is 2.21. The fourth-order valence-electron chi connectivity index (χ4n) is 2.42. The number of methoxy groups -OCH3 is 1. The summed E-state index contributed by atoms with van der Waals surface area (Å²) in [5.74, 6) is 0.989. The maximum Gasteiger partial charge on any atom is 0.251 e. The van der Waals surface area contributed by atoms with Gasteiger partial charge in [0.1, 0.15) is 5.82 Å². The lowest BCUT2D eigenvalue weighted by Crippen LogP contribution is -2.39. The summed E-state index contributed by atoms with van der Waals surface area (Å²) in [6, 6.07) is 5.40. The molecule has 0 bridgehead atoms. The van der Waals surface area contributed by atoms with E-state index in [1.807, 2.05) is 19.2 Å². The van der Waals surface area contributed by atoms with Crippen molar-refractivity contribution in [1.29, 1.82) is 0 Å². The average molecular weight is 266 g/mol. The summed E-state index contributed by atoms with van der Waals surface area (Å²) >= 11 is 0. The molecule has 1 fully saturated rings. The lowest BCUT2D eigenvalue weighted by atomic mass is 10.1. The van der Waals surface area contributed by atoms with Crippen LogP contribution < -0.4 is 10.5 Å². The van der Waals surface area contributed by atoms with E-state index in [0.717, 1.165) is 31.7 Å². The first-order valence-corrected chi connectivity index (χ1v) is 6.74. The van der Waals surface area contributed by atoms with Crippen molar-refractivity contribution in [3.05, 3.63) is 28.6 Å². The summed E-state index contributed by atoms with van der Waals surface area (Å²) in [5, 5.41) is 0. The van der Waals surface area contributed by atoms with Crippen molar-refractivity contribution in [3.8, 4) is 0 Å². The summed E-state index contributed by atoms with van der Waals surface area (Å²) < 4.78 is 12.4. The summed E-state index contributed by atoms with van der Waals surface area (Å²) in [5.41, 5.74) is 0.0379. The van der Waals surface area contributed by atoms with E-state index in [1.54, 1.807) is 17.7 Å². The van der Waals surface area contributed by atoms with Crippen LogP contribution in [0.1, 0.15) is 12.8 Å². The van der Waals surface area contributed by atoms with Crippen LogP contribution in [-0.2, 0) is 16.5 Å². The largest absolute Gasteiger partial charge is 0.382 e. The molecule has 2 rings (SSSR count). The molecule has 0 aliphatic carbocycles. The SMILES string of the molecule is COCCOC1CCN(c2cccc(=O)n2C)CC1. The van der Waals surface area contributed by atoms with Gasteiger partial charge >= 0.3 is 0 Å². The number of anilines is 1. The lowest BCUT2D eigenvalue weighted by Gasteiger charge is -2.34. The second-order valence-corrected chi connectivity index (χ2v) is 4.83. The van der Waals surface area contributed by atoms with Gasteiger partial charge in [-0.15, -0.1) is 0 Å². The summed E-state index contributed by atoms with van der Waals surface area (Å²) in [6.45, 7) is 3.16. The Morgan fingerprint density at radius 3 is 2.68 bits per heavy atom. The molecule has 0 unspecified atom stereocenters. The van der Waals surface area contributed by atoms with E-state index in [4.69, 9.17) is 9.47 Å². The van der Waals surface area contributed by atoms with Gasteiger partial charge in [0.25, 0.3) is 5.56 Å². The van der Waals surface area contributed by atoms with E-state index in [-0.39, 0.29) is 5.56 Å². The molecule has 19 heavy (non-hydrogen) atoms. The summed E-state index contributed by atoms with van der Waals surface area (Å²) in [4.78, 5) is 13.9. The van der Waals surface area contributed by atoms with E-state index in [2.05, 4.69) is 4.90 Å². The van der Waals surface area contributed by atoms with E-state index >= 15 is 0 Å². The molecule has 0 amide bonds. The van der Waals surface area contributed by atoms with Crippen LogP contribution in [0.5, 0.6) is 0 Å². The third kappa shape index (κ3) is 3.58. The van der Waals surface area contributed by atoms with Crippen molar-refractivity contribution in [2.45, 2.75) is 18.9 Å². The zero-order valence-electron chi connectivity index (χ0n) is 11.7. The topological polar surface area (TPSA) is 43.7 Å². The molecule has 1 saturated heterocycles. The Labute approximate surface area is 113 Å². The minimum absolute atomic E-state index is 0.0379. The van der Waals surface area contributed by atoms with Gasteiger partial charge in [-0.1, -0.05) is 6.07 Å².